The summed E-state index contributed by atoms with van der Waals surface area (Å²) in [5, 5.41) is 0. The van der Waals surface area contributed by atoms with Crippen LogP contribution in [-0.4, -0.2) is 17.6 Å². The third-order valence-corrected chi connectivity index (χ3v) is 1.84. The molecule has 1 heterocycles. The minimum atomic E-state index is -0.329. The van der Waals surface area contributed by atoms with E-state index in [0.29, 0.717) is 12.3 Å². The fourth-order valence-electron chi connectivity index (χ4n) is 0.710. The van der Waals surface area contributed by atoms with E-state index in [9.17, 15) is 4.79 Å². The number of esters is 1. The van der Waals surface area contributed by atoms with Crippen molar-refractivity contribution >= 4 is 21.9 Å². The number of rotatable bonds is 2. The maximum absolute atomic E-state index is 11.0. The standard InChI is InChI=1S/C7H8BrNO2/c1-2-11-7(10)6-5(8)3-4-9-6/h3-4,9H,2H2,1H3. The van der Waals surface area contributed by atoms with Crippen LogP contribution in [0.1, 0.15) is 17.4 Å². The van der Waals surface area contributed by atoms with Gasteiger partial charge in [-0.1, -0.05) is 0 Å². The van der Waals surface area contributed by atoms with Crippen LogP contribution in [-0.2, 0) is 4.74 Å². The molecule has 1 N–H and O–H groups in total. The van der Waals surface area contributed by atoms with Crippen molar-refractivity contribution in [2.75, 3.05) is 6.61 Å². The Morgan fingerprint density at radius 2 is 2.55 bits per heavy atom. The third kappa shape index (κ3) is 1.83. The summed E-state index contributed by atoms with van der Waals surface area (Å²) in [5.74, 6) is -0.329. The maximum atomic E-state index is 11.0. The lowest BCUT2D eigenvalue weighted by Crippen LogP contribution is -2.05. The number of H-pyrrole nitrogens is 1. The van der Waals surface area contributed by atoms with Crippen LogP contribution in [0.5, 0.6) is 0 Å². The third-order valence-electron chi connectivity index (χ3n) is 1.18. The Balaban J connectivity index is 2.76. The molecule has 0 bridgehead atoms. The molecular weight excluding hydrogens is 210 g/mol. The van der Waals surface area contributed by atoms with Crippen molar-refractivity contribution in [3.8, 4) is 0 Å². The highest BCUT2D eigenvalue weighted by Crippen LogP contribution is 2.14. The number of nitrogens with one attached hydrogen (secondary N) is 1. The maximum Gasteiger partial charge on any atom is 0.355 e. The summed E-state index contributed by atoms with van der Waals surface area (Å²) in [6, 6.07) is 1.76. The molecule has 0 spiro atoms. The summed E-state index contributed by atoms with van der Waals surface area (Å²) in [6.45, 7) is 2.17. The monoisotopic (exact) mass is 217 g/mol. The molecule has 0 aliphatic heterocycles. The average molecular weight is 218 g/mol. The number of hydrogen-bond donors (Lipinski definition) is 1. The molecule has 0 aromatic carbocycles. The molecule has 1 aromatic rings. The van der Waals surface area contributed by atoms with Crippen LogP contribution in [0.15, 0.2) is 16.7 Å². The zero-order valence-corrected chi connectivity index (χ0v) is 7.64. The molecular formula is C7H8BrNO2. The predicted molar refractivity (Wildman–Crippen MR) is 44.4 cm³/mol. The van der Waals surface area contributed by atoms with E-state index in [1.165, 1.54) is 0 Å². The predicted octanol–water partition coefficient (Wildman–Crippen LogP) is 1.95. The van der Waals surface area contributed by atoms with Gasteiger partial charge in [0.05, 0.1) is 6.61 Å². The van der Waals surface area contributed by atoms with Crippen molar-refractivity contribution in [2.45, 2.75) is 6.92 Å². The quantitative estimate of drug-likeness (QED) is 0.771. The molecule has 0 aliphatic carbocycles. The van der Waals surface area contributed by atoms with Gasteiger partial charge in [-0.15, -0.1) is 0 Å². The van der Waals surface area contributed by atoms with Crippen molar-refractivity contribution in [3.63, 3.8) is 0 Å². The lowest BCUT2D eigenvalue weighted by Gasteiger charge is -1.98. The first-order valence-corrected chi connectivity index (χ1v) is 4.05. The van der Waals surface area contributed by atoms with Gasteiger partial charge < -0.3 is 9.72 Å². The van der Waals surface area contributed by atoms with Gasteiger partial charge in [0.2, 0.25) is 0 Å². The van der Waals surface area contributed by atoms with Crippen LogP contribution in [0, 0.1) is 0 Å². The highest BCUT2D eigenvalue weighted by molar-refractivity contribution is 9.10. The van der Waals surface area contributed by atoms with Gasteiger partial charge in [-0.05, 0) is 28.9 Å². The van der Waals surface area contributed by atoms with E-state index in [0.717, 1.165) is 4.47 Å². The molecule has 1 aromatic heterocycles. The summed E-state index contributed by atoms with van der Waals surface area (Å²) in [5.41, 5.74) is 0.465. The molecule has 1 rings (SSSR count). The summed E-state index contributed by atoms with van der Waals surface area (Å²) in [4.78, 5) is 13.8. The molecule has 0 saturated carbocycles. The van der Waals surface area contributed by atoms with Crippen LogP contribution in [0.3, 0.4) is 0 Å². The van der Waals surface area contributed by atoms with E-state index in [2.05, 4.69) is 20.9 Å². The number of carbonyl (C=O) groups is 1. The highest BCUT2D eigenvalue weighted by Gasteiger charge is 2.10. The molecule has 0 unspecified atom stereocenters. The second kappa shape index (κ2) is 3.57. The van der Waals surface area contributed by atoms with Crippen molar-refractivity contribution in [1.82, 2.24) is 4.98 Å². The van der Waals surface area contributed by atoms with Crippen LogP contribution in [0.25, 0.3) is 0 Å². The number of ether oxygens (including phenoxy) is 1. The van der Waals surface area contributed by atoms with Gasteiger partial charge in [0.1, 0.15) is 5.69 Å². The zero-order valence-electron chi connectivity index (χ0n) is 6.06. The van der Waals surface area contributed by atoms with Crippen molar-refractivity contribution in [3.05, 3.63) is 22.4 Å². The zero-order chi connectivity index (χ0) is 8.27. The molecule has 60 valence electrons. The van der Waals surface area contributed by atoms with E-state index < -0.39 is 0 Å². The van der Waals surface area contributed by atoms with E-state index in [4.69, 9.17) is 4.74 Å². The Bertz CT molecular complexity index is 257. The average Bonchev–Trinajstić information content (AvgIpc) is 2.36. The summed E-state index contributed by atoms with van der Waals surface area (Å²) in [6.07, 6.45) is 1.68. The van der Waals surface area contributed by atoms with Crippen molar-refractivity contribution in [2.24, 2.45) is 0 Å². The molecule has 11 heavy (non-hydrogen) atoms. The topological polar surface area (TPSA) is 42.1 Å². The smallest absolute Gasteiger partial charge is 0.355 e. The van der Waals surface area contributed by atoms with E-state index in [1.807, 2.05) is 0 Å². The Morgan fingerprint density at radius 1 is 1.82 bits per heavy atom. The highest BCUT2D eigenvalue weighted by atomic mass is 79.9. The fraction of sp³-hybridized carbons (Fsp3) is 0.286. The first-order valence-electron chi connectivity index (χ1n) is 3.25. The van der Waals surface area contributed by atoms with Crippen LogP contribution in [0.2, 0.25) is 0 Å². The van der Waals surface area contributed by atoms with Gasteiger partial charge in [-0.25, -0.2) is 4.79 Å². The summed E-state index contributed by atoms with van der Waals surface area (Å²) < 4.78 is 5.50. The van der Waals surface area contributed by atoms with Crippen LogP contribution in [0.4, 0.5) is 0 Å². The molecule has 0 fully saturated rings. The fourth-order valence-corrected chi connectivity index (χ4v) is 1.12. The number of halogens is 1. The second-order valence-corrected chi connectivity index (χ2v) is 2.78. The van der Waals surface area contributed by atoms with E-state index >= 15 is 0 Å². The van der Waals surface area contributed by atoms with E-state index in [-0.39, 0.29) is 5.97 Å². The molecule has 0 radical (unpaired) electrons. The number of aromatic amines is 1. The molecule has 0 atom stereocenters. The molecule has 0 aliphatic rings. The number of carbonyl (C=O) groups excluding carboxylic acids is 1. The first-order chi connectivity index (χ1) is 5.25. The van der Waals surface area contributed by atoms with Gasteiger partial charge >= 0.3 is 5.97 Å². The lowest BCUT2D eigenvalue weighted by atomic mass is 10.4. The van der Waals surface area contributed by atoms with Crippen molar-refractivity contribution in [1.29, 1.82) is 0 Å². The largest absolute Gasteiger partial charge is 0.461 e. The first kappa shape index (κ1) is 8.33. The van der Waals surface area contributed by atoms with Crippen molar-refractivity contribution < 1.29 is 9.53 Å². The SMILES string of the molecule is CCOC(=O)c1[nH]ccc1Br. The Morgan fingerprint density at radius 3 is 3.00 bits per heavy atom. The van der Waals surface area contributed by atoms with Crippen LogP contribution < -0.4 is 0 Å². The number of hydrogen-bond acceptors (Lipinski definition) is 2. The van der Waals surface area contributed by atoms with Gasteiger partial charge in [-0.2, -0.15) is 0 Å². The van der Waals surface area contributed by atoms with Gasteiger partial charge in [0.25, 0.3) is 0 Å². The Labute approximate surface area is 72.9 Å². The van der Waals surface area contributed by atoms with Gasteiger partial charge in [0, 0.05) is 10.7 Å². The van der Waals surface area contributed by atoms with Gasteiger partial charge in [-0.3, -0.25) is 0 Å². The van der Waals surface area contributed by atoms with Gasteiger partial charge in [0.15, 0.2) is 0 Å². The molecule has 0 saturated heterocycles. The molecule has 0 amide bonds. The Hall–Kier alpha value is -0.770. The minimum Gasteiger partial charge on any atom is -0.461 e. The second-order valence-electron chi connectivity index (χ2n) is 1.92. The van der Waals surface area contributed by atoms with E-state index in [1.54, 1.807) is 19.2 Å². The molecule has 3 nitrogen and oxygen atoms in total. The van der Waals surface area contributed by atoms with Crippen LogP contribution >= 0.6 is 15.9 Å². The summed E-state index contributed by atoms with van der Waals surface area (Å²) in [7, 11) is 0. The summed E-state index contributed by atoms with van der Waals surface area (Å²) >= 11 is 3.20. The normalized spacial score (nSPS) is 9.64. The Kier molecular flexibility index (Phi) is 2.70. The molecule has 4 heteroatoms. The lowest BCUT2D eigenvalue weighted by molar-refractivity contribution is 0.0519. The number of aromatic nitrogens is 1. The minimum absolute atomic E-state index is 0.329.